The fourth-order valence-corrected chi connectivity index (χ4v) is 1.43. The molecular formula is C10H8O2. The van der Waals surface area contributed by atoms with Crippen LogP contribution in [0, 0.1) is 0 Å². The maximum absolute atomic E-state index is 11.3. The predicted octanol–water partition coefficient (Wildman–Crippen LogP) is 1.69. The summed E-state index contributed by atoms with van der Waals surface area (Å²) in [6.07, 6.45) is 0.619. The molecule has 0 fully saturated rings. The Kier molecular flexibility index (Phi) is 1.30. The first-order chi connectivity index (χ1) is 5.68. The van der Waals surface area contributed by atoms with Crippen LogP contribution in [0.1, 0.15) is 15.9 Å². The van der Waals surface area contributed by atoms with Crippen LogP contribution in [0.15, 0.2) is 30.4 Å². The number of hydrogen-bond acceptors (Lipinski definition) is 2. The standard InChI is InChI=1S/C10H8O2/c1-6-4-7-2-3-8(11)5-9(7)10(6)12/h2-3,5,11H,1,4H2. The topological polar surface area (TPSA) is 37.3 Å². The number of hydrogen-bond donors (Lipinski definition) is 1. The molecule has 0 heterocycles. The van der Waals surface area contributed by atoms with Gasteiger partial charge in [0.1, 0.15) is 5.75 Å². The molecule has 2 nitrogen and oxygen atoms in total. The highest BCUT2D eigenvalue weighted by molar-refractivity contribution is 6.12. The number of carbonyl (C=O) groups is 1. The van der Waals surface area contributed by atoms with Crippen LogP contribution >= 0.6 is 0 Å². The van der Waals surface area contributed by atoms with Crippen LogP contribution in [0.5, 0.6) is 5.75 Å². The van der Waals surface area contributed by atoms with Crippen molar-refractivity contribution in [2.24, 2.45) is 0 Å². The molecular weight excluding hydrogens is 152 g/mol. The van der Waals surface area contributed by atoms with Gasteiger partial charge in [0.2, 0.25) is 0 Å². The van der Waals surface area contributed by atoms with E-state index in [1.165, 1.54) is 6.07 Å². The van der Waals surface area contributed by atoms with Crippen molar-refractivity contribution in [3.05, 3.63) is 41.5 Å². The van der Waals surface area contributed by atoms with Crippen LogP contribution in [-0.4, -0.2) is 10.9 Å². The monoisotopic (exact) mass is 160 g/mol. The number of phenols is 1. The molecule has 0 atom stereocenters. The summed E-state index contributed by atoms with van der Waals surface area (Å²) < 4.78 is 0. The Morgan fingerprint density at radius 3 is 2.92 bits per heavy atom. The molecule has 1 aliphatic carbocycles. The number of ketones is 1. The van der Waals surface area contributed by atoms with Crippen molar-refractivity contribution in [3.8, 4) is 5.75 Å². The van der Waals surface area contributed by atoms with Crippen molar-refractivity contribution < 1.29 is 9.90 Å². The zero-order valence-electron chi connectivity index (χ0n) is 6.50. The second kappa shape index (κ2) is 2.21. The number of allylic oxidation sites excluding steroid dienone is 1. The molecule has 0 amide bonds. The summed E-state index contributed by atoms with van der Waals surface area (Å²) >= 11 is 0. The van der Waals surface area contributed by atoms with Gasteiger partial charge in [-0.1, -0.05) is 12.6 Å². The number of carbonyl (C=O) groups excluding carboxylic acids is 1. The third-order valence-corrected chi connectivity index (χ3v) is 2.06. The van der Waals surface area contributed by atoms with Gasteiger partial charge in [0, 0.05) is 12.0 Å². The third-order valence-electron chi connectivity index (χ3n) is 2.06. The lowest BCUT2D eigenvalue weighted by Gasteiger charge is -1.95. The van der Waals surface area contributed by atoms with Gasteiger partial charge < -0.3 is 5.11 Å². The maximum Gasteiger partial charge on any atom is 0.189 e. The minimum absolute atomic E-state index is 0.0408. The largest absolute Gasteiger partial charge is 0.508 e. The first-order valence-electron chi connectivity index (χ1n) is 3.73. The van der Waals surface area contributed by atoms with Gasteiger partial charge in [-0.25, -0.2) is 0 Å². The molecule has 0 saturated heterocycles. The van der Waals surface area contributed by atoms with Crippen molar-refractivity contribution in [1.82, 2.24) is 0 Å². The molecule has 0 aliphatic heterocycles. The molecule has 0 radical (unpaired) electrons. The highest BCUT2D eigenvalue weighted by Gasteiger charge is 2.22. The Labute approximate surface area is 70.2 Å². The lowest BCUT2D eigenvalue weighted by Crippen LogP contribution is -1.92. The Bertz CT molecular complexity index is 377. The molecule has 12 heavy (non-hydrogen) atoms. The first kappa shape index (κ1) is 7.10. The molecule has 60 valence electrons. The number of rotatable bonds is 0. The Balaban J connectivity index is 2.63. The van der Waals surface area contributed by atoms with Gasteiger partial charge in [-0.05, 0) is 23.3 Å². The summed E-state index contributed by atoms with van der Waals surface area (Å²) in [7, 11) is 0. The number of fused-ring (bicyclic) bond motifs is 1. The minimum Gasteiger partial charge on any atom is -0.508 e. The Morgan fingerprint density at radius 1 is 1.42 bits per heavy atom. The third kappa shape index (κ3) is 0.848. The van der Waals surface area contributed by atoms with Crippen LogP contribution in [0.3, 0.4) is 0 Å². The van der Waals surface area contributed by atoms with E-state index in [-0.39, 0.29) is 11.5 Å². The molecule has 1 aliphatic rings. The molecule has 1 aromatic carbocycles. The summed E-state index contributed by atoms with van der Waals surface area (Å²) in [5, 5.41) is 9.12. The van der Waals surface area contributed by atoms with E-state index in [2.05, 4.69) is 6.58 Å². The normalized spacial score (nSPS) is 15.0. The fourth-order valence-electron chi connectivity index (χ4n) is 1.43. The molecule has 0 bridgehead atoms. The zero-order chi connectivity index (χ0) is 8.72. The molecule has 1 aromatic rings. The van der Waals surface area contributed by atoms with Crippen LogP contribution in [0.2, 0.25) is 0 Å². The maximum atomic E-state index is 11.3. The van der Waals surface area contributed by atoms with Gasteiger partial charge in [0.15, 0.2) is 5.78 Å². The van der Waals surface area contributed by atoms with Gasteiger partial charge >= 0.3 is 0 Å². The van der Waals surface area contributed by atoms with Crippen LogP contribution in [-0.2, 0) is 6.42 Å². The predicted molar refractivity (Wildman–Crippen MR) is 45.3 cm³/mol. The second-order valence-corrected chi connectivity index (χ2v) is 2.95. The molecule has 2 rings (SSSR count). The fraction of sp³-hybridized carbons (Fsp3) is 0.100. The van der Waals surface area contributed by atoms with E-state index in [4.69, 9.17) is 5.11 Å². The summed E-state index contributed by atoms with van der Waals surface area (Å²) in [5.74, 6) is 0.0951. The number of benzene rings is 1. The van der Waals surface area contributed by atoms with E-state index in [1.54, 1.807) is 12.1 Å². The van der Waals surface area contributed by atoms with Gasteiger partial charge in [-0.3, -0.25) is 4.79 Å². The quantitative estimate of drug-likeness (QED) is 0.586. The van der Waals surface area contributed by atoms with Crippen molar-refractivity contribution >= 4 is 5.78 Å². The molecule has 0 saturated carbocycles. The van der Waals surface area contributed by atoms with Crippen molar-refractivity contribution in [1.29, 1.82) is 0 Å². The van der Waals surface area contributed by atoms with Crippen LogP contribution < -0.4 is 0 Å². The van der Waals surface area contributed by atoms with E-state index in [0.717, 1.165) is 5.56 Å². The lowest BCUT2D eigenvalue weighted by molar-refractivity contribution is 0.103. The van der Waals surface area contributed by atoms with E-state index in [9.17, 15) is 4.79 Å². The second-order valence-electron chi connectivity index (χ2n) is 2.95. The Hall–Kier alpha value is -1.57. The van der Waals surface area contributed by atoms with Crippen molar-refractivity contribution in [2.75, 3.05) is 0 Å². The molecule has 0 aromatic heterocycles. The summed E-state index contributed by atoms with van der Waals surface area (Å²) in [5.41, 5.74) is 2.17. The number of phenolic OH excluding ortho intramolecular Hbond substituents is 1. The smallest absolute Gasteiger partial charge is 0.189 e. The van der Waals surface area contributed by atoms with Gasteiger partial charge in [0.25, 0.3) is 0 Å². The SMILES string of the molecule is C=C1Cc2ccc(O)cc2C1=O. The van der Waals surface area contributed by atoms with Crippen molar-refractivity contribution in [2.45, 2.75) is 6.42 Å². The van der Waals surface area contributed by atoms with Crippen molar-refractivity contribution in [3.63, 3.8) is 0 Å². The summed E-state index contributed by atoms with van der Waals surface area (Å²) in [4.78, 5) is 11.3. The molecule has 2 heteroatoms. The molecule has 1 N–H and O–H groups in total. The van der Waals surface area contributed by atoms with E-state index in [1.807, 2.05) is 0 Å². The zero-order valence-corrected chi connectivity index (χ0v) is 6.50. The minimum atomic E-state index is -0.0408. The average molecular weight is 160 g/mol. The average Bonchev–Trinajstić information content (AvgIpc) is 2.31. The van der Waals surface area contributed by atoms with E-state index < -0.39 is 0 Å². The van der Waals surface area contributed by atoms with E-state index >= 15 is 0 Å². The van der Waals surface area contributed by atoms with Gasteiger partial charge in [-0.15, -0.1) is 0 Å². The lowest BCUT2D eigenvalue weighted by atomic mass is 10.1. The molecule has 0 spiro atoms. The van der Waals surface area contributed by atoms with Gasteiger partial charge in [0.05, 0.1) is 0 Å². The van der Waals surface area contributed by atoms with Crippen LogP contribution in [0.25, 0.3) is 0 Å². The van der Waals surface area contributed by atoms with Crippen LogP contribution in [0.4, 0.5) is 0 Å². The number of aromatic hydroxyl groups is 1. The first-order valence-corrected chi connectivity index (χ1v) is 3.73. The summed E-state index contributed by atoms with van der Waals surface area (Å²) in [6, 6.07) is 4.85. The Morgan fingerprint density at radius 2 is 2.17 bits per heavy atom. The highest BCUT2D eigenvalue weighted by atomic mass is 16.3. The van der Waals surface area contributed by atoms with E-state index in [0.29, 0.717) is 17.6 Å². The number of Topliss-reactive ketones (excluding diaryl/α,β-unsaturated/α-hetero) is 1. The van der Waals surface area contributed by atoms with Gasteiger partial charge in [-0.2, -0.15) is 0 Å². The highest BCUT2D eigenvalue weighted by Crippen LogP contribution is 2.27. The molecule has 0 unspecified atom stereocenters. The summed E-state index contributed by atoms with van der Waals surface area (Å²) in [6.45, 7) is 3.65.